The number of aromatic nitrogens is 3. The Hall–Kier alpha value is -0.900. The molecule has 0 aromatic carbocycles. The van der Waals surface area contributed by atoms with Crippen LogP contribution in [0.1, 0.15) is 25.8 Å². The number of aliphatic hydroxyl groups is 1. The Morgan fingerprint density at radius 1 is 1.55 bits per heavy atom. The first-order valence-corrected chi connectivity index (χ1v) is 3.65. The molecule has 1 atom stereocenters. The molecule has 1 aromatic heterocycles. The Balaban J connectivity index is 2.84. The Morgan fingerprint density at radius 2 is 2.18 bits per heavy atom. The van der Waals surface area contributed by atoms with Gasteiger partial charge in [-0.3, -0.25) is 4.68 Å². The van der Waals surface area contributed by atoms with E-state index in [2.05, 4.69) is 10.1 Å². The first-order valence-electron chi connectivity index (χ1n) is 3.65. The number of hydrogen-bond donors (Lipinski definition) is 1. The van der Waals surface area contributed by atoms with Crippen molar-refractivity contribution in [2.75, 3.05) is 0 Å². The van der Waals surface area contributed by atoms with Crippen molar-refractivity contribution in [1.82, 2.24) is 14.8 Å². The van der Waals surface area contributed by atoms with Crippen LogP contribution in [0.25, 0.3) is 0 Å². The van der Waals surface area contributed by atoms with Gasteiger partial charge in [0.05, 0.1) is 0 Å². The zero-order valence-electron chi connectivity index (χ0n) is 7.02. The van der Waals surface area contributed by atoms with E-state index in [9.17, 15) is 5.11 Å². The van der Waals surface area contributed by atoms with Gasteiger partial charge in [-0.1, -0.05) is 13.8 Å². The zero-order valence-corrected chi connectivity index (χ0v) is 7.02. The SMILES string of the molecule is CC(C)C(O)c1ncnn1C. The molecule has 0 saturated heterocycles. The summed E-state index contributed by atoms with van der Waals surface area (Å²) >= 11 is 0. The van der Waals surface area contributed by atoms with Crippen LogP contribution >= 0.6 is 0 Å². The molecule has 4 heteroatoms. The molecule has 1 heterocycles. The van der Waals surface area contributed by atoms with Crippen molar-refractivity contribution < 1.29 is 5.11 Å². The molecule has 0 amide bonds. The largest absolute Gasteiger partial charge is 0.385 e. The highest BCUT2D eigenvalue weighted by atomic mass is 16.3. The van der Waals surface area contributed by atoms with Crippen LogP contribution in [0, 0.1) is 5.92 Å². The van der Waals surface area contributed by atoms with Crippen LogP contribution in [0.4, 0.5) is 0 Å². The molecular weight excluding hydrogens is 142 g/mol. The van der Waals surface area contributed by atoms with Crippen molar-refractivity contribution in [1.29, 1.82) is 0 Å². The van der Waals surface area contributed by atoms with Gasteiger partial charge in [0.15, 0.2) is 5.82 Å². The van der Waals surface area contributed by atoms with E-state index < -0.39 is 6.10 Å². The van der Waals surface area contributed by atoms with Crippen LogP contribution in [0.5, 0.6) is 0 Å². The lowest BCUT2D eigenvalue weighted by Crippen LogP contribution is -2.11. The molecule has 0 spiro atoms. The minimum atomic E-state index is -0.512. The Labute approximate surface area is 65.9 Å². The maximum atomic E-state index is 9.54. The number of nitrogens with zero attached hydrogens (tertiary/aromatic N) is 3. The van der Waals surface area contributed by atoms with E-state index in [0.29, 0.717) is 5.82 Å². The van der Waals surface area contributed by atoms with Gasteiger partial charge in [-0.15, -0.1) is 0 Å². The summed E-state index contributed by atoms with van der Waals surface area (Å²) in [4.78, 5) is 3.94. The molecule has 1 unspecified atom stereocenters. The fourth-order valence-corrected chi connectivity index (χ4v) is 0.871. The van der Waals surface area contributed by atoms with E-state index in [-0.39, 0.29) is 5.92 Å². The van der Waals surface area contributed by atoms with Gasteiger partial charge in [0.25, 0.3) is 0 Å². The van der Waals surface area contributed by atoms with Crippen molar-refractivity contribution >= 4 is 0 Å². The predicted octanol–water partition coefficient (Wildman–Crippen LogP) is 0.504. The van der Waals surface area contributed by atoms with Gasteiger partial charge in [-0.25, -0.2) is 4.98 Å². The minimum absolute atomic E-state index is 0.179. The highest BCUT2D eigenvalue weighted by Gasteiger charge is 2.16. The molecule has 1 aromatic rings. The summed E-state index contributed by atoms with van der Waals surface area (Å²) in [5, 5.41) is 13.4. The van der Waals surface area contributed by atoms with E-state index in [1.54, 1.807) is 11.7 Å². The summed E-state index contributed by atoms with van der Waals surface area (Å²) in [5.74, 6) is 0.804. The van der Waals surface area contributed by atoms with Crippen molar-refractivity contribution in [3.8, 4) is 0 Å². The molecule has 0 radical (unpaired) electrons. The van der Waals surface area contributed by atoms with Crippen molar-refractivity contribution in [2.24, 2.45) is 13.0 Å². The Kier molecular flexibility index (Phi) is 2.24. The number of rotatable bonds is 2. The topological polar surface area (TPSA) is 50.9 Å². The van der Waals surface area contributed by atoms with Gasteiger partial charge in [-0.2, -0.15) is 5.10 Å². The Bertz CT molecular complexity index is 231. The summed E-state index contributed by atoms with van der Waals surface area (Å²) < 4.78 is 1.59. The second-order valence-electron chi connectivity index (χ2n) is 2.93. The van der Waals surface area contributed by atoms with Gasteiger partial charge in [0.1, 0.15) is 12.4 Å². The molecular formula is C7H13N3O. The summed E-state index contributed by atoms with van der Waals surface area (Å²) in [7, 11) is 1.77. The number of hydrogen-bond acceptors (Lipinski definition) is 3. The van der Waals surface area contributed by atoms with Gasteiger partial charge in [0.2, 0.25) is 0 Å². The first-order chi connectivity index (χ1) is 5.13. The van der Waals surface area contributed by atoms with Crippen LogP contribution < -0.4 is 0 Å². The third-order valence-corrected chi connectivity index (χ3v) is 1.64. The monoisotopic (exact) mass is 155 g/mol. The van der Waals surface area contributed by atoms with E-state index in [1.807, 2.05) is 13.8 Å². The summed E-state index contributed by atoms with van der Waals surface area (Å²) in [6.07, 6.45) is 0.934. The molecule has 0 fully saturated rings. The smallest absolute Gasteiger partial charge is 0.155 e. The van der Waals surface area contributed by atoms with Crippen LogP contribution in [0.15, 0.2) is 6.33 Å². The molecule has 0 aliphatic carbocycles. The standard InChI is InChI=1S/C7H13N3O/c1-5(2)6(11)7-8-4-9-10(7)3/h4-6,11H,1-3H3. The summed E-state index contributed by atoms with van der Waals surface area (Å²) in [6.45, 7) is 3.89. The van der Waals surface area contributed by atoms with Crippen LogP contribution in [-0.2, 0) is 7.05 Å². The normalized spacial score (nSPS) is 13.9. The van der Waals surface area contributed by atoms with E-state index >= 15 is 0 Å². The average molecular weight is 155 g/mol. The lowest BCUT2D eigenvalue weighted by Gasteiger charge is -2.12. The minimum Gasteiger partial charge on any atom is -0.385 e. The number of aliphatic hydroxyl groups excluding tert-OH is 1. The fourth-order valence-electron chi connectivity index (χ4n) is 0.871. The van der Waals surface area contributed by atoms with Crippen molar-refractivity contribution in [3.63, 3.8) is 0 Å². The quantitative estimate of drug-likeness (QED) is 0.676. The van der Waals surface area contributed by atoms with Crippen LogP contribution in [0.2, 0.25) is 0 Å². The van der Waals surface area contributed by atoms with Crippen molar-refractivity contribution in [2.45, 2.75) is 20.0 Å². The maximum absolute atomic E-state index is 9.54. The molecule has 11 heavy (non-hydrogen) atoms. The second kappa shape index (κ2) is 3.00. The van der Waals surface area contributed by atoms with Crippen molar-refractivity contribution in [3.05, 3.63) is 12.2 Å². The predicted molar refractivity (Wildman–Crippen MR) is 40.8 cm³/mol. The first kappa shape index (κ1) is 8.20. The molecule has 1 N–H and O–H groups in total. The van der Waals surface area contributed by atoms with Crippen LogP contribution in [-0.4, -0.2) is 19.9 Å². The second-order valence-corrected chi connectivity index (χ2v) is 2.93. The van der Waals surface area contributed by atoms with E-state index in [0.717, 1.165) is 0 Å². The molecule has 4 nitrogen and oxygen atoms in total. The lowest BCUT2D eigenvalue weighted by atomic mass is 10.1. The maximum Gasteiger partial charge on any atom is 0.155 e. The highest BCUT2D eigenvalue weighted by molar-refractivity contribution is 4.90. The average Bonchev–Trinajstić information content (AvgIpc) is 2.33. The number of aryl methyl sites for hydroxylation is 1. The van der Waals surface area contributed by atoms with Gasteiger partial charge in [-0.05, 0) is 5.92 Å². The third kappa shape index (κ3) is 1.57. The van der Waals surface area contributed by atoms with E-state index in [1.165, 1.54) is 6.33 Å². The summed E-state index contributed by atoms with van der Waals surface area (Å²) in [5.41, 5.74) is 0. The molecule has 0 saturated carbocycles. The Morgan fingerprint density at radius 3 is 2.55 bits per heavy atom. The molecule has 1 rings (SSSR count). The van der Waals surface area contributed by atoms with Gasteiger partial charge < -0.3 is 5.11 Å². The van der Waals surface area contributed by atoms with Gasteiger partial charge >= 0.3 is 0 Å². The highest BCUT2D eigenvalue weighted by Crippen LogP contribution is 2.17. The van der Waals surface area contributed by atoms with E-state index in [4.69, 9.17) is 0 Å². The molecule has 0 aliphatic heterocycles. The molecule has 0 bridgehead atoms. The summed E-state index contributed by atoms with van der Waals surface area (Å²) in [6, 6.07) is 0. The van der Waals surface area contributed by atoms with Crippen LogP contribution in [0.3, 0.4) is 0 Å². The molecule has 62 valence electrons. The molecule has 0 aliphatic rings. The lowest BCUT2D eigenvalue weighted by molar-refractivity contribution is 0.113. The third-order valence-electron chi connectivity index (χ3n) is 1.64. The zero-order chi connectivity index (χ0) is 8.43. The fraction of sp³-hybridized carbons (Fsp3) is 0.714. The van der Waals surface area contributed by atoms with Gasteiger partial charge in [0, 0.05) is 7.05 Å².